The van der Waals surface area contributed by atoms with E-state index < -0.39 is 8.07 Å². The van der Waals surface area contributed by atoms with Crippen LogP contribution in [0.3, 0.4) is 0 Å². The molecule has 1 aliphatic rings. The highest BCUT2D eigenvalue weighted by atomic mass is 35.5. The molecule has 4 rings (SSSR count). The number of hydrogen-bond donors (Lipinski definition) is 0. The SMILES string of the molecule is C[Si](C)(C)CCOCn1ccc2c(N3OCC[C@@H]3c3ccccc3)nc(Cl)nc21. The Morgan fingerprint density at radius 1 is 1.17 bits per heavy atom. The van der Waals surface area contributed by atoms with Crippen molar-refractivity contribution in [3.63, 3.8) is 0 Å². The molecule has 1 aromatic carbocycles. The quantitative estimate of drug-likeness (QED) is 0.290. The summed E-state index contributed by atoms with van der Waals surface area (Å²) in [5, 5.41) is 2.99. The van der Waals surface area contributed by atoms with Crippen molar-refractivity contribution < 1.29 is 9.57 Å². The van der Waals surface area contributed by atoms with E-state index in [0.717, 1.165) is 30.1 Å². The van der Waals surface area contributed by atoms with Gasteiger partial charge in [-0.25, -0.2) is 5.06 Å². The van der Waals surface area contributed by atoms with Gasteiger partial charge in [0.2, 0.25) is 5.28 Å². The van der Waals surface area contributed by atoms with E-state index in [1.807, 2.05) is 40.1 Å². The lowest BCUT2D eigenvalue weighted by Gasteiger charge is -2.24. The molecule has 0 N–H and O–H groups in total. The van der Waals surface area contributed by atoms with Crippen LogP contribution in [-0.4, -0.2) is 35.8 Å². The van der Waals surface area contributed by atoms with E-state index in [4.69, 9.17) is 21.2 Å². The van der Waals surface area contributed by atoms with Gasteiger partial charge in [-0.05, 0) is 29.3 Å². The average Bonchev–Trinajstić information content (AvgIpc) is 3.32. The van der Waals surface area contributed by atoms with E-state index in [0.29, 0.717) is 19.2 Å². The Balaban J connectivity index is 1.60. The fraction of sp³-hybridized carbons (Fsp3) is 0.429. The first-order chi connectivity index (χ1) is 13.9. The predicted molar refractivity (Wildman–Crippen MR) is 119 cm³/mol. The monoisotopic (exact) mass is 430 g/mol. The average molecular weight is 431 g/mol. The van der Waals surface area contributed by atoms with E-state index in [1.165, 1.54) is 5.56 Å². The number of anilines is 1. The molecule has 0 radical (unpaired) electrons. The molecule has 0 unspecified atom stereocenters. The van der Waals surface area contributed by atoms with Crippen LogP contribution in [0.4, 0.5) is 5.82 Å². The van der Waals surface area contributed by atoms with Crippen molar-refractivity contribution >= 4 is 36.5 Å². The highest BCUT2D eigenvalue weighted by Crippen LogP contribution is 2.37. The highest BCUT2D eigenvalue weighted by Gasteiger charge is 2.31. The van der Waals surface area contributed by atoms with E-state index in [2.05, 4.69) is 41.7 Å². The second kappa shape index (κ2) is 8.43. The van der Waals surface area contributed by atoms with Gasteiger partial charge in [-0.3, -0.25) is 4.84 Å². The summed E-state index contributed by atoms with van der Waals surface area (Å²) in [6, 6.07) is 13.6. The van der Waals surface area contributed by atoms with Gasteiger partial charge in [-0.2, -0.15) is 9.97 Å². The number of aromatic nitrogens is 3. The molecule has 1 atom stereocenters. The lowest BCUT2D eigenvalue weighted by molar-refractivity contribution is 0.0898. The van der Waals surface area contributed by atoms with Gasteiger partial charge >= 0.3 is 0 Å². The van der Waals surface area contributed by atoms with Crippen LogP contribution in [0.1, 0.15) is 18.0 Å². The van der Waals surface area contributed by atoms with E-state index in [9.17, 15) is 0 Å². The molecule has 29 heavy (non-hydrogen) atoms. The smallest absolute Gasteiger partial charge is 0.226 e. The minimum Gasteiger partial charge on any atom is -0.361 e. The number of rotatable bonds is 7. The van der Waals surface area contributed by atoms with Crippen LogP contribution < -0.4 is 5.06 Å². The fourth-order valence-electron chi connectivity index (χ4n) is 3.49. The second-order valence-electron chi connectivity index (χ2n) is 8.56. The summed E-state index contributed by atoms with van der Waals surface area (Å²) in [5.74, 6) is 0.701. The van der Waals surface area contributed by atoms with Crippen LogP contribution in [0.25, 0.3) is 11.0 Å². The summed E-state index contributed by atoms with van der Waals surface area (Å²) in [6.07, 6.45) is 2.87. The van der Waals surface area contributed by atoms with Crippen LogP contribution in [-0.2, 0) is 16.3 Å². The predicted octanol–water partition coefficient (Wildman–Crippen LogP) is 5.28. The van der Waals surface area contributed by atoms with E-state index in [1.54, 1.807) is 0 Å². The maximum atomic E-state index is 6.29. The summed E-state index contributed by atoms with van der Waals surface area (Å²) in [7, 11) is -1.11. The third-order valence-corrected chi connectivity index (χ3v) is 6.97. The van der Waals surface area contributed by atoms with Crippen molar-refractivity contribution in [3.05, 3.63) is 53.4 Å². The van der Waals surface area contributed by atoms with Gasteiger partial charge in [-0.1, -0.05) is 50.0 Å². The third-order valence-electron chi connectivity index (χ3n) is 5.10. The number of fused-ring (bicyclic) bond motifs is 1. The van der Waals surface area contributed by atoms with Crippen molar-refractivity contribution in [2.75, 3.05) is 18.3 Å². The van der Waals surface area contributed by atoms with Gasteiger partial charge in [0.05, 0.1) is 18.0 Å². The van der Waals surface area contributed by atoms with Crippen LogP contribution >= 0.6 is 11.6 Å². The molecule has 0 saturated carbocycles. The first kappa shape index (κ1) is 20.3. The molecule has 2 aromatic heterocycles. The standard InChI is InChI=1S/C21H27ClN4O2Si/c1-29(2,3)14-13-27-15-25-11-9-17-19(25)23-21(22)24-20(17)26-18(10-12-28-26)16-7-5-4-6-8-16/h4-9,11,18H,10,12-15H2,1-3H3/t18-/m1/s1. The van der Waals surface area contributed by atoms with Gasteiger partial charge in [0, 0.05) is 27.3 Å². The Hall–Kier alpha value is -1.93. The van der Waals surface area contributed by atoms with Gasteiger partial charge in [-0.15, -0.1) is 0 Å². The molecular weight excluding hydrogens is 404 g/mol. The molecule has 1 aliphatic heterocycles. The van der Waals surface area contributed by atoms with Crippen LogP contribution in [0.2, 0.25) is 31.0 Å². The van der Waals surface area contributed by atoms with Crippen molar-refractivity contribution in [1.82, 2.24) is 14.5 Å². The largest absolute Gasteiger partial charge is 0.361 e. The fourth-order valence-corrected chi connectivity index (χ4v) is 4.41. The normalized spacial score (nSPS) is 17.4. The molecule has 0 bridgehead atoms. The number of benzene rings is 1. The zero-order valence-electron chi connectivity index (χ0n) is 17.1. The molecule has 0 spiro atoms. The number of halogens is 1. The Labute approximate surface area is 177 Å². The molecule has 0 aliphatic carbocycles. The Kier molecular flexibility index (Phi) is 5.92. The van der Waals surface area contributed by atoms with Crippen LogP contribution in [0, 0.1) is 0 Å². The van der Waals surface area contributed by atoms with Crippen molar-refractivity contribution in [2.45, 2.75) is 44.9 Å². The van der Waals surface area contributed by atoms with Crippen LogP contribution in [0.15, 0.2) is 42.6 Å². The maximum absolute atomic E-state index is 6.29. The van der Waals surface area contributed by atoms with E-state index >= 15 is 0 Å². The maximum Gasteiger partial charge on any atom is 0.226 e. The Morgan fingerprint density at radius 2 is 1.97 bits per heavy atom. The third kappa shape index (κ3) is 4.64. The minimum atomic E-state index is -1.11. The number of nitrogens with zero attached hydrogens (tertiary/aromatic N) is 4. The van der Waals surface area contributed by atoms with Crippen molar-refractivity contribution in [3.8, 4) is 0 Å². The first-order valence-corrected chi connectivity index (χ1v) is 14.1. The first-order valence-electron chi connectivity index (χ1n) is 10.00. The molecule has 6 nitrogen and oxygen atoms in total. The highest BCUT2D eigenvalue weighted by molar-refractivity contribution is 6.76. The van der Waals surface area contributed by atoms with E-state index in [-0.39, 0.29) is 11.3 Å². The number of hydrogen-bond acceptors (Lipinski definition) is 5. The van der Waals surface area contributed by atoms with Gasteiger partial charge in [0.1, 0.15) is 12.4 Å². The van der Waals surface area contributed by atoms with Gasteiger partial charge in [0.25, 0.3) is 0 Å². The Bertz CT molecular complexity index is 974. The summed E-state index contributed by atoms with van der Waals surface area (Å²) in [5.41, 5.74) is 1.96. The lowest BCUT2D eigenvalue weighted by atomic mass is 10.0. The molecule has 154 valence electrons. The Morgan fingerprint density at radius 3 is 2.72 bits per heavy atom. The zero-order valence-corrected chi connectivity index (χ0v) is 18.9. The summed E-state index contributed by atoms with van der Waals surface area (Å²) in [6.45, 7) is 8.89. The number of ether oxygens (including phenoxy) is 1. The van der Waals surface area contributed by atoms with Crippen LogP contribution in [0.5, 0.6) is 0 Å². The zero-order chi connectivity index (χ0) is 20.4. The molecule has 1 fully saturated rings. The molecule has 3 heterocycles. The topological polar surface area (TPSA) is 52.4 Å². The van der Waals surface area contributed by atoms with Gasteiger partial charge < -0.3 is 9.30 Å². The van der Waals surface area contributed by atoms with Crippen molar-refractivity contribution in [2.24, 2.45) is 0 Å². The molecule has 8 heteroatoms. The summed E-state index contributed by atoms with van der Waals surface area (Å²) in [4.78, 5) is 14.9. The minimum absolute atomic E-state index is 0.0988. The molecule has 1 saturated heterocycles. The van der Waals surface area contributed by atoms with Crippen molar-refractivity contribution in [1.29, 1.82) is 0 Å². The second-order valence-corrected chi connectivity index (χ2v) is 14.5. The molecule has 3 aromatic rings. The summed E-state index contributed by atoms with van der Waals surface area (Å²) < 4.78 is 7.88. The molecule has 0 amide bonds. The number of hydroxylamine groups is 1. The molecular formula is C21H27ClN4O2Si. The lowest BCUT2D eigenvalue weighted by Crippen LogP contribution is -2.23. The van der Waals surface area contributed by atoms with Gasteiger partial charge in [0.15, 0.2) is 5.82 Å². The summed E-state index contributed by atoms with van der Waals surface area (Å²) >= 11 is 6.29.